The maximum atomic E-state index is 5.54. The van der Waals surface area contributed by atoms with Gasteiger partial charge in [0, 0.05) is 11.1 Å². The summed E-state index contributed by atoms with van der Waals surface area (Å²) in [6, 6.07) is 0. The zero-order valence-corrected chi connectivity index (χ0v) is 28.7. The minimum atomic E-state index is 0. The van der Waals surface area contributed by atoms with E-state index in [1.165, 1.54) is 44.6 Å². The van der Waals surface area contributed by atoms with Crippen LogP contribution in [0.25, 0.3) is 0 Å². The number of aliphatic imine (C=N–C) groups is 4. The van der Waals surface area contributed by atoms with Gasteiger partial charge in [0.25, 0.3) is 0 Å². The molecule has 4 nitrogen and oxygen atoms in total. The Hall–Kier alpha value is -2.14. The number of hydrogen-bond acceptors (Lipinski definition) is 4. The van der Waals surface area contributed by atoms with Gasteiger partial charge in [-0.1, -0.05) is 55.4 Å². The van der Waals surface area contributed by atoms with Crippen molar-refractivity contribution in [1.29, 1.82) is 0 Å². The summed E-state index contributed by atoms with van der Waals surface area (Å²) in [6.07, 6.45) is 16.1. The van der Waals surface area contributed by atoms with Crippen molar-refractivity contribution in [3.05, 3.63) is 91.7 Å². The van der Waals surface area contributed by atoms with Crippen molar-refractivity contribution in [2.24, 2.45) is 20.0 Å². The van der Waals surface area contributed by atoms with Gasteiger partial charge in [0.2, 0.25) is 0 Å². The molecule has 0 aliphatic carbocycles. The number of allylic oxidation sites excluding steroid dienone is 12. The summed E-state index contributed by atoms with van der Waals surface area (Å²) < 4.78 is 0. The maximum Gasteiger partial charge on any atom is 2.00 e. The quantitative estimate of drug-likeness (QED) is 0.259. The topological polar surface area (TPSA) is 49.4 Å². The van der Waals surface area contributed by atoms with E-state index in [1.807, 2.05) is 0 Å². The van der Waals surface area contributed by atoms with E-state index < -0.39 is 0 Å². The molecule has 0 spiro atoms. The number of fused-ring (bicyclic) bond motifs is 4. The molecule has 5 heteroatoms. The molecule has 5 rings (SSSR count). The molecule has 8 bridgehead atoms. The second-order valence-electron chi connectivity index (χ2n) is 10.7. The van der Waals surface area contributed by atoms with Gasteiger partial charge in [0.1, 0.15) is 0 Å². The summed E-state index contributed by atoms with van der Waals surface area (Å²) in [5.74, 6) is 0. The van der Waals surface area contributed by atoms with Crippen LogP contribution < -0.4 is 0 Å². The van der Waals surface area contributed by atoms with E-state index in [9.17, 15) is 0 Å². The molecule has 0 aromatic heterocycles. The zero-order chi connectivity index (χ0) is 28.6. The average Bonchev–Trinajstić information content (AvgIpc) is 3.73. The number of nitrogens with zero attached hydrogens (tertiary/aromatic N) is 4. The molecular weight excluding hydrogens is 529 g/mol. The molecule has 0 N–H and O–H groups in total. The molecule has 0 fully saturated rings. The van der Waals surface area contributed by atoms with Crippen LogP contribution in [0, 0.1) is 0 Å². The molecule has 0 amide bonds. The zero-order valence-electron chi connectivity index (χ0n) is 28.5. The van der Waals surface area contributed by atoms with Crippen LogP contribution in [0.1, 0.15) is 110 Å². The van der Waals surface area contributed by atoms with Gasteiger partial charge in [-0.3, -0.25) is 0 Å². The minimum absolute atomic E-state index is 0. The van der Waals surface area contributed by atoms with Gasteiger partial charge in [0.05, 0.1) is 45.6 Å². The van der Waals surface area contributed by atoms with Crippen molar-refractivity contribution in [2.75, 3.05) is 0 Å². The molecule has 0 aromatic rings. The van der Waals surface area contributed by atoms with E-state index in [0.29, 0.717) is 0 Å². The van der Waals surface area contributed by atoms with Crippen LogP contribution >= 0.6 is 0 Å². The molecular formula is C36H46CaN4. The van der Waals surface area contributed by atoms with Crippen LogP contribution in [0.4, 0.5) is 0 Å². The number of hydrogen-bond donors (Lipinski definition) is 0. The minimum Gasteiger partial charge on any atom is -1.00 e. The van der Waals surface area contributed by atoms with Crippen molar-refractivity contribution in [3.8, 4) is 0 Å². The summed E-state index contributed by atoms with van der Waals surface area (Å²) in [4.78, 5) is 21.2. The van der Waals surface area contributed by atoms with Gasteiger partial charge < -0.3 is 2.85 Å². The predicted molar refractivity (Wildman–Crippen MR) is 180 cm³/mol. The molecule has 5 aliphatic heterocycles. The second kappa shape index (κ2) is 13.4. The summed E-state index contributed by atoms with van der Waals surface area (Å²) in [7, 11) is 0. The molecule has 0 radical (unpaired) electrons. The fraction of sp³-hybridized carbons (Fsp3) is 0.444. The Labute approximate surface area is 280 Å². The third-order valence-corrected chi connectivity index (χ3v) is 8.77. The Morgan fingerprint density at radius 3 is 1.51 bits per heavy atom. The Morgan fingerprint density at radius 1 is 0.463 bits per heavy atom. The third kappa shape index (κ3) is 5.41. The van der Waals surface area contributed by atoms with Gasteiger partial charge >= 0.3 is 37.7 Å². The van der Waals surface area contributed by atoms with E-state index in [2.05, 4.69) is 79.7 Å². The van der Waals surface area contributed by atoms with Crippen molar-refractivity contribution in [2.45, 2.75) is 107 Å². The van der Waals surface area contributed by atoms with Crippen LogP contribution in [0.15, 0.2) is 112 Å². The summed E-state index contributed by atoms with van der Waals surface area (Å²) >= 11 is 0. The Kier molecular flexibility index (Phi) is 10.4. The van der Waals surface area contributed by atoms with Crippen molar-refractivity contribution >= 4 is 60.6 Å². The summed E-state index contributed by atoms with van der Waals surface area (Å²) in [6.45, 7) is 18.1. The van der Waals surface area contributed by atoms with E-state index in [1.54, 1.807) is 0 Å². The average molecular weight is 575 g/mol. The van der Waals surface area contributed by atoms with Gasteiger partial charge in [-0.15, -0.1) is 0 Å². The van der Waals surface area contributed by atoms with Crippen LogP contribution in [0.5, 0.6) is 0 Å². The van der Waals surface area contributed by atoms with Gasteiger partial charge in [0.15, 0.2) is 0 Å². The molecule has 5 heterocycles. The van der Waals surface area contributed by atoms with Crippen molar-refractivity contribution in [1.82, 2.24) is 0 Å². The van der Waals surface area contributed by atoms with E-state index in [-0.39, 0.29) is 40.6 Å². The standard InChI is InChI=1S/C36H44N4.Ca.2H/c1-9-23-25(11-3)33-29(15-7)35-27(13-5)28(14-6)36(40-35)30(16-8)34-26(12-4)24(10-2)32(39-34)20-22-18-17-21(37-22)19-31(23)38-33;;;/h17-20H,9-16H2,1-8H3;;;/q;+2;2*-1. The normalized spacial score (nSPS) is 20.1. The third-order valence-electron chi connectivity index (χ3n) is 8.77. The smallest absolute Gasteiger partial charge is 1.00 e. The first-order chi connectivity index (χ1) is 19.5. The fourth-order valence-corrected chi connectivity index (χ4v) is 6.92. The van der Waals surface area contributed by atoms with Crippen LogP contribution in [-0.4, -0.2) is 60.6 Å². The summed E-state index contributed by atoms with van der Waals surface area (Å²) in [5.41, 5.74) is 19.3. The van der Waals surface area contributed by atoms with E-state index in [0.717, 1.165) is 97.0 Å². The first-order valence-corrected chi connectivity index (χ1v) is 15.6. The molecule has 0 unspecified atom stereocenters. The monoisotopic (exact) mass is 574 g/mol. The predicted octanol–water partition coefficient (Wildman–Crippen LogP) is 9.66. The fourth-order valence-electron chi connectivity index (χ4n) is 6.92. The summed E-state index contributed by atoms with van der Waals surface area (Å²) in [5, 5.41) is 0. The SMILES string of the molecule is CCC1=C(CC)C2=NC1=CC1=NC(=CC3=NC(=C(CC)C4=NC(=C2CC)C(CC)=C4CC)C(CC)=C3CC)C=C1.[Ca+2].[H-].[H-]. The van der Waals surface area contributed by atoms with Crippen molar-refractivity contribution in [3.63, 3.8) is 0 Å². The Bertz CT molecular complexity index is 1550. The molecule has 0 aromatic carbocycles. The largest absolute Gasteiger partial charge is 2.00 e. The first kappa shape index (κ1) is 31.8. The first-order valence-electron chi connectivity index (χ1n) is 15.6. The Morgan fingerprint density at radius 2 is 0.951 bits per heavy atom. The van der Waals surface area contributed by atoms with Crippen LogP contribution in [0.2, 0.25) is 0 Å². The van der Waals surface area contributed by atoms with Crippen LogP contribution in [0.3, 0.4) is 0 Å². The second-order valence-corrected chi connectivity index (χ2v) is 10.7. The van der Waals surface area contributed by atoms with Gasteiger partial charge in [-0.05, 0) is 109 Å². The number of rotatable bonds is 8. The molecule has 0 saturated carbocycles. The van der Waals surface area contributed by atoms with Gasteiger partial charge in [-0.2, -0.15) is 0 Å². The molecule has 5 aliphatic rings. The maximum absolute atomic E-state index is 5.54. The molecule has 0 atom stereocenters. The van der Waals surface area contributed by atoms with Crippen LogP contribution in [-0.2, 0) is 0 Å². The molecule has 212 valence electrons. The molecule has 0 saturated heterocycles. The van der Waals surface area contributed by atoms with Crippen molar-refractivity contribution < 1.29 is 2.85 Å². The molecule has 41 heavy (non-hydrogen) atoms. The Balaban J connectivity index is 0.00000215. The van der Waals surface area contributed by atoms with E-state index >= 15 is 0 Å². The van der Waals surface area contributed by atoms with Gasteiger partial charge in [-0.25, -0.2) is 20.0 Å². The van der Waals surface area contributed by atoms with E-state index in [4.69, 9.17) is 20.0 Å².